The smallest absolute Gasteiger partial charge is 0.147 e. The maximum Gasteiger partial charge on any atom is 0.147 e. The molecule has 0 spiro atoms. The van der Waals surface area contributed by atoms with E-state index in [1.165, 1.54) is 12.1 Å². The van der Waals surface area contributed by atoms with E-state index in [1.54, 1.807) is 10.7 Å². The summed E-state index contributed by atoms with van der Waals surface area (Å²) in [6, 6.07) is 4.42. The molecule has 4 nitrogen and oxygen atoms in total. The predicted octanol–water partition coefficient (Wildman–Crippen LogP) is 1.43. The van der Waals surface area contributed by atoms with E-state index >= 15 is 0 Å². The van der Waals surface area contributed by atoms with Crippen molar-refractivity contribution in [1.82, 2.24) is 14.8 Å². The van der Waals surface area contributed by atoms with Gasteiger partial charge in [-0.25, -0.2) is 14.1 Å². The number of hydrogen-bond donors (Lipinski definition) is 1. The highest BCUT2D eigenvalue weighted by atomic mass is 19.1. The molecule has 0 aliphatic carbocycles. The summed E-state index contributed by atoms with van der Waals surface area (Å²) in [6.45, 7) is 3.91. The van der Waals surface area contributed by atoms with Crippen LogP contribution in [0.4, 0.5) is 4.39 Å². The number of aromatic nitrogens is 3. The second kappa shape index (κ2) is 5.63. The van der Waals surface area contributed by atoms with Crippen molar-refractivity contribution in [3.05, 3.63) is 46.8 Å². The average molecular weight is 259 g/mol. The Morgan fingerprint density at radius 3 is 2.79 bits per heavy atom. The largest absolute Gasteiger partial charge is 0.384 e. The normalized spacial score (nSPS) is 10.1. The zero-order valence-corrected chi connectivity index (χ0v) is 10.8. The van der Waals surface area contributed by atoms with Gasteiger partial charge in [0.25, 0.3) is 0 Å². The Morgan fingerprint density at radius 1 is 1.37 bits per heavy atom. The Bertz CT molecular complexity index is 652. The van der Waals surface area contributed by atoms with Gasteiger partial charge in [-0.05, 0) is 31.5 Å². The summed E-state index contributed by atoms with van der Waals surface area (Å²) in [5.74, 6) is 6.42. The molecule has 0 unspecified atom stereocenters. The fourth-order valence-electron chi connectivity index (χ4n) is 1.81. The van der Waals surface area contributed by atoms with E-state index in [9.17, 15) is 4.39 Å². The maximum absolute atomic E-state index is 13.2. The van der Waals surface area contributed by atoms with Crippen LogP contribution in [0.15, 0.2) is 18.2 Å². The van der Waals surface area contributed by atoms with Crippen LogP contribution in [0.5, 0.6) is 0 Å². The van der Waals surface area contributed by atoms with Crippen LogP contribution in [0.25, 0.3) is 0 Å². The number of aliphatic hydroxyl groups excluding tert-OH is 1. The van der Waals surface area contributed by atoms with E-state index in [-0.39, 0.29) is 12.4 Å². The third-order valence-electron chi connectivity index (χ3n) is 2.66. The molecule has 0 aliphatic heterocycles. The zero-order chi connectivity index (χ0) is 13.8. The van der Waals surface area contributed by atoms with Crippen LogP contribution in [0.3, 0.4) is 0 Å². The lowest BCUT2D eigenvalue weighted by molar-refractivity contribution is 0.350. The molecule has 1 N–H and O–H groups in total. The first-order valence-corrected chi connectivity index (χ1v) is 5.86. The molecule has 0 fully saturated rings. The first kappa shape index (κ1) is 13.2. The Balaban J connectivity index is 2.36. The van der Waals surface area contributed by atoms with E-state index in [4.69, 9.17) is 5.11 Å². The maximum atomic E-state index is 13.2. The van der Waals surface area contributed by atoms with Crippen molar-refractivity contribution in [3.8, 4) is 11.8 Å². The van der Waals surface area contributed by atoms with Crippen molar-refractivity contribution < 1.29 is 9.50 Å². The molecule has 1 heterocycles. The van der Waals surface area contributed by atoms with Gasteiger partial charge in [-0.15, -0.1) is 0 Å². The molecule has 5 heteroatoms. The Hall–Kier alpha value is -2.19. The molecule has 0 saturated carbocycles. The SMILES string of the molecule is Cc1nc(C)n(Cc2ccc(F)cc2C#CCO)n1. The fraction of sp³-hybridized carbons (Fsp3) is 0.286. The molecule has 2 rings (SSSR count). The minimum absolute atomic E-state index is 0.253. The molecular formula is C14H14FN3O. The van der Waals surface area contributed by atoms with E-state index in [2.05, 4.69) is 21.9 Å². The van der Waals surface area contributed by atoms with Gasteiger partial charge in [-0.3, -0.25) is 0 Å². The monoisotopic (exact) mass is 259 g/mol. The summed E-state index contributed by atoms with van der Waals surface area (Å²) < 4.78 is 15.0. The van der Waals surface area contributed by atoms with E-state index in [1.807, 2.05) is 13.8 Å². The Morgan fingerprint density at radius 2 is 2.16 bits per heavy atom. The average Bonchev–Trinajstić information content (AvgIpc) is 2.68. The molecule has 19 heavy (non-hydrogen) atoms. The molecule has 98 valence electrons. The highest BCUT2D eigenvalue weighted by Crippen LogP contribution is 2.12. The molecule has 0 bridgehead atoms. The second-order valence-corrected chi connectivity index (χ2v) is 4.13. The summed E-state index contributed by atoms with van der Waals surface area (Å²) in [7, 11) is 0. The lowest BCUT2D eigenvalue weighted by Gasteiger charge is -2.06. The third kappa shape index (κ3) is 3.18. The molecule has 0 radical (unpaired) electrons. The summed E-state index contributed by atoms with van der Waals surface area (Å²) >= 11 is 0. The molecule has 2 aromatic rings. The van der Waals surface area contributed by atoms with Gasteiger partial charge in [0.15, 0.2) is 0 Å². The number of aliphatic hydroxyl groups is 1. The molecule has 1 aromatic carbocycles. The number of hydrogen-bond acceptors (Lipinski definition) is 3. The number of benzene rings is 1. The highest BCUT2D eigenvalue weighted by molar-refractivity contribution is 5.42. The van der Waals surface area contributed by atoms with Crippen LogP contribution in [-0.2, 0) is 6.54 Å². The van der Waals surface area contributed by atoms with Gasteiger partial charge in [0, 0.05) is 5.56 Å². The zero-order valence-electron chi connectivity index (χ0n) is 10.8. The summed E-state index contributed by atoms with van der Waals surface area (Å²) in [5.41, 5.74) is 1.40. The Kier molecular flexibility index (Phi) is 3.93. The summed E-state index contributed by atoms with van der Waals surface area (Å²) in [6.07, 6.45) is 0. The quantitative estimate of drug-likeness (QED) is 0.830. The minimum atomic E-state index is -0.350. The Labute approximate surface area is 110 Å². The number of aryl methyl sites for hydroxylation is 2. The third-order valence-corrected chi connectivity index (χ3v) is 2.66. The van der Waals surface area contributed by atoms with Gasteiger partial charge >= 0.3 is 0 Å². The van der Waals surface area contributed by atoms with Gasteiger partial charge in [0.2, 0.25) is 0 Å². The first-order valence-electron chi connectivity index (χ1n) is 5.86. The fourth-order valence-corrected chi connectivity index (χ4v) is 1.81. The summed E-state index contributed by atoms with van der Waals surface area (Å²) in [4.78, 5) is 4.22. The van der Waals surface area contributed by atoms with E-state index in [0.29, 0.717) is 17.9 Å². The standard InChI is InChI=1S/C14H14FN3O/c1-10-16-11(2)18(17-10)9-13-5-6-14(15)8-12(13)4-3-7-19/h5-6,8,19H,7,9H2,1-2H3. The molecule has 0 amide bonds. The van der Waals surface area contributed by atoms with Crippen molar-refractivity contribution in [2.24, 2.45) is 0 Å². The first-order chi connectivity index (χ1) is 9.10. The van der Waals surface area contributed by atoms with Gasteiger partial charge in [0.05, 0.1) is 6.54 Å². The van der Waals surface area contributed by atoms with Gasteiger partial charge in [0.1, 0.15) is 24.1 Å². The predicted molar refractivity (Wildman–Crippen MR) is 69.0 cm³/mol. The summed E-state index contributed by atoms with van der Waals surface area (Å²) in [5, 5.41) is 13.0. The van der Waals surface area contributed by atoms with Crippen molar-refractivity contribution in [1.29, 1.82) is 0 Å². The lowest BCUT2D eigenvalue weighted by atomic mass is 10.1. The van der Waals surface area contributed by atoms with Crippen LogP contribution < -0.4 is 0 Å². The molecular weight excluding hydrogens is 245 g/mol. The van der Waals surface area contributed by atoms with Crippen LogP contribution in [-0.4, -0.2) is 26.5 Å². The van der Waals surface area contributed by atoms with Crippen LogP contribution >= 0.6 is 0 Å². The highest BCUT2D eigenvalue weighted by Gasteiger charge is 2.07. The molecule has 0 saturated heterocycles. The number of rotatable bonds is 2. The van der Waals surface area contributed by atoms with Crippen LogP contribution in [0, 0.1) is 31.5 Å². The molecule has 1 aromatic heterocycles. The minimum Gasteiger partial charge on any atom is -0.384 e. The van der Waals surface area contributed by atoms with Crippen molar-refractivity contribution in [2.45, 2.75) is 20.4 Å². The number of nitrogens with zero attached hydrogens (tertiary/aromatic N) is 3. The number of halogens is 1. The molecule has 0 atom stereocenters. The van der Waals surface area contributed by atoms with Gasteiger partial charge in [-0.2, -0.15) is 5.10 Å². The van der Waals surface area contributed by atoms with Gasteiger partial charge < -0.3 is 5.11 Å². The topological polar surface area (TPSA) is 50.9 Å². The van der Waals surface area contributed by atoms with Gasteiger partial charge in [-0.1, -0.05) is 17.9 Å². The van der Waals surface area contributed by atoms with E-state index in [0.717, 1.165) is 11.4 Å². The molecule has 0 aliphatic rings. The second-order valence-electron chi connectivity index (χ2n) is 4.13. The van der Waals surface area contributed by atoms with Crippen molar-refractivity contribution in [3.63, 3.8) is 0 Å². The van der Waals surface area contributed by atoms with Crippen molar-refractivity contribution >= 4 is 0 Å². The van der Waals surface area contributed by atoms with Crippen LogP contribution in [0.2, 0.25) is 0 Å². The van der Waals surface area contributed by atoms with Crippen molar-refractivity contribution in [2.75, 3.05) is 6.61 Å². The van der Waals surface area contributed by atoms with E-state index < -0.39 is 0 Å². The van der Waals surface area contributed by atoms with Crippen LogP contribution in [0.1, 0.15) is 22.8 Å². The lowest BCUT2D eigenvalue weighted by Crippen LogP contribution is -2.06.